The van der Waals surface area contributed by atoms with E-state index in [1.165, 1.54) is 5.56 Å². The third-order valence-electron chi connectivity index (χ3n) is 3.04. The molecule has 0 saturated heterocycles. The smallest absolute Gasteiger partial charge is 0.0406 e. The summed E-state index contributed by atoms with van der Waals surface area (Å²) < 4.78 is 0. The van der Waals surface area contributed by atoms with E-state index in [4.69, 9.17) is 11.6 Å². The quantitative estimate of drug-likeness (QED) is 0.888. The number of benzene rings is 1. The molecule has 3 heteroatoms. The first-order valence-electron chi connectivity index (χ1n) is 6.12. The van der Waals surface area contributed by atoms with E-state index >= 15 is 0 Å². The highest BCUT2D eigenvalue weighted by molar-refractivity contribution is 6.30. The molecule has 0 spiro atoms. The highest BCUT2D eigenvalue weighted by Gasteiger charge is 2.09. The van der Waals surface area contributed by atoms with E-state index < -0.39 is 0 Å². The van der Waals surface area contributed by atoms with Gasteiger partial charge in [-0.05, 0) is 49.7 Å². The molecule has 0 radical (unpaired) electrons. The summed E-state index contributed by atoms with van der Waals surface area (Å²) in [5.41, 5.74) is 2.39. The summed E-state index contributed by atoms with van der Waals surface area (Å²) in [6.07, 6.45) is 3.83. The number of pyridine rings is 1. The number of aryl methyl sites for hydroxylation is 1. The Hall–Kier alpha value is -1.38. The van der Waals surface area contributed by atoms with Gasteiger partial charge in [0, 0.05) is 23.0 Å². The van der Waals surface area contributed by atoms with Gasteiger partial charge in [0.1, 0.15) is 0 Å². The molecule has 1 unspecified atom stereocenters. The van der Waals surface area contributed by atoms with Crippen molar-refractivity contribution < 1.29 is 0 Å². The average molecular weight is 261 g/mol. The van der Waals surface area contributed by atoms with Gasteiger partial charge in [-0.2, -0.15) is 0 Å². The molecule has 2 nitrogen and oxygen atoms in total. The van der Waals surface area contributed by atoms with Crippen molar-refractivity contribution in [3.63, 3.8) is 0 Å². The summed E-state index contributed by atoms with van der Waals surface area (Å²) in [7, 11) is 1.98. The predicted octanol–water partition coefficient (Wildman–Crippen LogP) is 3.63. The number of halogens is 1. The average Bonchev–Trinajstić information content (AvgIpc) is 2.42. The van der Waals surface area contributed by atoms with Crippen LogP contribution in [0.2, 0.25) is 5.02 Å². The van der Waals surface area contributed by atoms with E-state index in [0.29, 0.717) is 6.04 Å². The lowest BCUT2D eigenvalue weighted by Gasteiger charge is -2.16. The SMILES string of the molecule is CNC(CCc1ccccn1)c1ccc(Cl)cc1. The number of nitrogens with zero attached hydrogens (tertiary/aromatic N) is 1. The van der Waals surface area contributed by atoms with Gasteiger partial charge >= 0.3 is 0 Å². The third kappa shape index (κ3) is 3.56. The molecule has 0 fully saturated rings. The number of nitrogens with one attached hydrogen (secondary N) is 1. The van der Waals surface area contributed by atoms with Gasteiger partial charge in [0.15, 0.2) is 0 Å². The van der Waals surface area contributed by atoms with Gasteiger partial charge in [0.2, 0.25) is 0 Å². The van der Waals surface area contributed by atoms with Crippen LogP contribution in [-0.4, -0.2) is 12.0 Å². The molecule has 18 heavy (non-hydrogen) atoms. The first-order chi connectivity index (χ1) is 8.79. The van der Waals surface area contributed by atoms with E-state index in [2.05, 4.69) is 28.5 Å². The Morgan fingerprint density at radius 1 is 1.17 bits per heavy atom. The van der Waals surface area contributed by atoms with Crippen LogP contribution in [0.25, 0.3) is 0 Å². The minimum atomic E-state index is 0.337. The lowest BCUT2D eigenvalue weighted by molar-refractivity contribution is 0.546. The standard InChI is InChI=1S/C15H17ClN2/c1-17-15(12-5-7-13(16)8-6-12)10-9-14-4-2-3-11-18-14/h2-8,11,15,17H,9-10H2,1H3. The van der Waals surface area contributed by atoms with Gasteiger partial charge in [0.25, 0.3) is 0 Å². The minimum absolute atomic E-state index is 0.337. The Morgan fingerprint density at radius 3 is 2.56 bits per heavy atom. The van der Waals surface area contributed by atoms with Crippen LogP contribution in [0.3, 0.4) is 0 Å². The maximum atomic E-state index is 5.90. The molecular weight excluding hydrogens is 244 g/mol. The number of hydrogen-bond donors (Lipinski definition) is 1. The fraction of sp³-hybridized carbons (Fsp3) is 0.267. The zero-order valence-corrected chi connectivity index (χ0v) is 11.2. The zero-order valence-electron chi connectivity index (χ0n) is 10.4. The monoisotopic (exact) mass is 260 g/mol. The first-order valence-corrected chi connectivity index (χ1v) is 6.50. The molecule has 0 aliphatic heterocycles. The van der Waals surface area contributed by atoms with Crippen LogP contribution in [0.4, 0.5) is 0 Å². The largest absolute Gasteiger partial charge is 0.313 e. The van der Waals surface area contributed by atoms with Crippen LogP contribution in [-0.2, 0) is 6.42 Å². The van der Waals surface area contributed by atoms with E-state index in [-0.39, 0.29) is 0 Å². The zero-order chi connectivity index (χ0) is 12.8. The van der Waals surface area contributed by atoms with E-state index in [9.17, 15) is 0 Å². The number of rotatable bonds is 5. The predicted molar refractivity (Wildman–Crippen MR) is 75.8 cm³/mol. The summed E-state index contributed by atoms with van der Waals surface area (Å²) in [5.74, 6) is 0. The second kappa shape index (κ2) is 6.53. The Bertz CT molecular complexity index is 468. The Labute approximate surface area is 113 Å². The minimum Gasteiger partial charge on any atom is -0.313 e. The van der Waals surface area contributed by atoms with Gasteiger partial charge in [-0.1, -0.05) is 29.8 Å². The van der Waals surface area contributed by atoms with Crippen LogP contribution in [0.1, 0.15) is 23.7 Å². The van der Waals surface area contributed by atoms with Gasteiger partial charge in [-0.3, -0.25) is 4.98 Å². The highest BCUT2D eigenvalue weighted by Crippen LogP contribution is 2.20. The summed E-state index contributed by atoms with van der Waals surface area (Å²) in [5, 5.41) is 4.11. The van der Waals surface area contributed by atoms with Gasteiger partial charge < -0.3 is 5.32 Å². The second-order valence-electron chi connectivity index (χ2n) is 4.25. The van der Waals surface area contributed by atoms with Crippen molar-refractivity contribution in [2.75, 3.05) is 7.05 Å². The first kappa shape index (κ1) is 13.1. The van der Waals surface area contributed by atoms with Crippen molar-refractivity contribution in [3.05, 3.63) is 64.9 Å². The van der Waals surface area contributed by atoms with Gasteiger partial charge in [0.05, 0.1) is 0 Å². The van der Waals surface area contributed by atoms with Gasteiger partial charge in [-0.25, -0.2) is 0 Å². The number of hydrogen-bond acceptors (Lipinski definition) is 2. The van der Waals surface area contributed by atoms with Crippen LogP contribution in [0, 0.1) is 0 Å². The van der Waals surface area contributed by atoms with Crippen molar-refractivity contribution in [1.82, 2.24) is 10.3 Å². The van der Waals surface area contributed by atoms with Crippen LogP contribution >= 0.6 is 11.6 Å². The third-order valence-corrected chi connectivity index (χ3v) is 3.29. The molecule has 94 valence electrons. The van der Waals surface area contributed by atoms with Crippen LogP contribution in [0.5, 0.6) is 0 Å². The molecule has 0 bridgehead atoms. The fourth-order valence-corrected chi connectivity index (χ4v) is 2.14. The molecule has 1 atom stereocenters. The number of aromatic nitrogens is 1. The molecule has 0 amide bonds. The van der Waals surface area contributed by atoms with E-state index in [0.717, 1.165) is 23.6 Å². The molecular formula is C15H17ClN2. The molecule has 2 aromatic rings. The molecule has 0 aliphatic carbocycles. The highest BCUT2D eigenvalue weighted by atomic mass is 35.5. The maximum Gasteiger partial charge on any atom is 0.0406 e. The fourth-order valence-electron chi connectivity index (χ4n) is 2.01. The molecule has 1 aromatic carbocycles. The molecule has 2 rings (SSSR count). The second-order valence-corrected chi connectivity index (χ2v) is 4.69. The summed E-state index contributed by atoms with van der Waals surface area (Å²) in [6.45, 7) is 0. The molecule has 1 N–H and O–H groups in total. The summed E-state index contributed by atoms with van der Waals surface area (Å²) in [6, 6.07) is 14.4. The van der Waals surface area contributed by atoms with Crippen molar-refractivity contribution in [2.24, 2.45) is 0 Å². The Balaban J connectivity index is 1.99. The Kier molecular flexibility index (Phi) is 4.73. The van der Waals surface area contributed by atoms with E-state index in [1.807, 2.05) is 37.5 Å². The topological polar surface area (TPSA) is 24.9 Å². The molecule has 1 heterocycles. The molecule has 0 aliphatic rings. The summed E-state index contributed by atoms with van der Waals surface area (Å²) in [4.78, 5) is 4.34. The van der Waals surface area contributed by atoms with E-state index in [1.54, 1.807) is 0 Å². The lowest BCUT2D eigenvalue weighted by atomic mass is 10.0. The van der Waals surface area contributed by atoms with Crippen LogP contribution < -0.4 is 5.32 Å². The van der Waals surface area contributed by atoms with Gasteiger partial charge in [-0.15, -0.1) is 0 Å². The van der Waals surface area contributed by atoms with Crippen molar-refractivity contribution in [3.8, 4) is 0 Å². The van der Waals surface area contributed by atoms with Crippen molar-refractivity contribution >= 4 is 11.6 Å². The van der Waals surface area contributed by atoms with Crippen LogP contribution in [0.15, 0.2) is 48.7 Å². The molecule has 1 aromatic heterocycles. The summed E-state index contributed by atoms with van der Waals surface area (Å²) >= 11 is 5.90. The normalized spacial score (nSPS) is 12.3. The lowest BCUT2D eigenvalue weighted by Crippen LogP contribution is -2.17. The maximum absolute atomic E-state index is 5.90. The van der Waals surface area contributed by atoms with Crippen molar-refractivity contribution in [2.45, 2.75) is 18.9 Å². The van der Waals surface area contributed by atoms with Crippen molar-refractivity contribution in [1.29, 1.82) is 0 Å². The molecule has 0 saturated carbocycles. The Morgan fingerprint density at radius 2 is 1.94 bits per heavy atom.